The van der Waals surface area contributed by atoms with Gasteiger partial charge in [-0.15, -0.1) is 0 Å². The van der Waals surface area contributed by atoms with E-state index in [9.17, 15) is 0 Å². The first-order valence-corrected chi connectivity index (χ1v) is 4.25. The summed E-state index contributed by atoms with van der Waals surface area (Å²) >= 11 is 3.58. The monoisotopic (exact) mass is 186 g/mol. The molecule has 1 rings (SSSR count). The van der Waals surface area contributed by atoms with Crippen molar-refractivity contribution >= 4 is 15.9 Å². The number of hydrogen-bond donors (Lipinski definition) is 0. The Kier molecular flexibility index (Phi) is 2.52. The summed E-state index contributed by atoms with van der Waals surface area (Å²) < 4.78 is 0. The van der Waals surface area contributed by atoms with Crippen LogP contribution >= 0.6 is 15.9 Å². The van der Waals surface area contributed by atoms with Crippen molar-refractivity contribution in [3.05, 3.63) is 24.3 Å². The average Bonchev–Trinajstić information content (AvgIpc) is 1.89. The lowest BCUT2D eigenvalue weighted by Gasteiger charge is -2.15. The van der Waals surface area contributed by atoms with E-state index in [1.165, 1.54) is 6.42 Å². The Morgan fingerprint density at radius 2 is 2.00 bits per heavy atom. The molecule has 1 aliphatic carbocycles. The van der Waals surface area contributed by atoms with Crippen molar-refractivity contribution in [2.45, 2.75) is 18.2 Å². The van der Waals surface area contributed by atoms with Crippen LogP contribution in [0.15, 0.2) is 24.3 Å². The summed E-state index contributed by atoms with van der Waals surface area (Å²) in [6, 6.07) is 0. The maximum absolute atomic E-state index is 3.58. The van der Waals surface area contributed by atoms with Gasteiger partial charge in [-0.2, -0.15) is 0 Å². The zero-order chi connectivity index (χ0) is 6.69. The van der Waals surface area contributed by atoms with Crippen molar-refractivity contribution in [1.82, 2.24) is 0 Å². The molecule has 0 N–H and O–H groups in total. The Morgan fingerprint density at radius 3 is 2.44 bits per heavy atom. The van der Waals surface area contributed by atoms with Crippen LogP contribution in [0.4, 0.5) is 0 Å². The van der Waals surface area contributed by atoms with Crippen molar-refractivity contribution in [3.63, 3.8) is 0 Å². The van der Waals surface area contributed by atoms with Crippen LogP contribution in [-0.2, 0) is 0 Å². The van der Waals surface area contributed by atoms with E-state index in [4.69, 9.17) is 0 Å². The lowest BCUT2D eigenvalue weighted by atomic mass is 9.98. The highest BCUT2D eigenvalue weighted by atomic mass is 79.9. The van der Waals surface area contributed by atoms with E-state index in [0.717, 1.165) is 0 Å². The third-order valence-electron chi connectivity index (χ3n) is 1.64. The molecule has 0 spiro atoms. The van der Waals surface area contributed by atoms with Gasteiger partial charge in [-0.25, -0.2) is 0 Å². The maximum atomic E-state index is 3.58. The van der Waals surface area contributed by atoms with Gasteiger partial charge in [-0.1, -0.05) is 47.2 Å². The number of alkyl halides is 1. The molecule has 0 heterocycles. The zero-order valence-corrected chi connectivity index (χ0v) is 7.14. The molecule has 0 saturated carbocycles. The molecule has 0 radical (unpaired) electrons. The van der Waals surface area contributed by atoms with Crippen molar-refractivity contribution in [1.29, 1.82) is 0 Å². The van der Waals surface area contributed by atoms with Gasteiger partial charge in [0.1, 0.15) is 0 Å². The van der Waals surface area contributed by atoms with E-state index >= 15 is 0 Å². The number of allylic oxidation sites excluding steroid dienone is 4. The predicted octanol–water partition coefficient (Wildman–Crippen LogP) is 2.90. The molecule has 0 aromatic heterocycles. The summed E-state index contributed by atoms with van der Waals surface area (Å²) in [5.74, 6) is 0.704. The molecule has 0 aliphatic heterocycles. The van der Waals surface area contributed by atoms with Gasteiger partial charge in [0.05, 0.1) is 0 Å². The van der Waals surface area contributed by atoms with Gasteiger partial charge in [0.15, 0.2) is 0 Å². The molecule has 0 saturated heterocycles. The number of rotatable bonds is 1. The SMILES string of the molecule is CCC1C=CC=CC1Br. The van der Waals surface area contributed by atoms with Crippen molar-refractivity contribution in [2.24, 2.45) is 5.92 Å². The van der Waals surface area contributed by atoms with Crippen LogP contribution in [-0.4, -0.2) is 4.83 Å². The summed E-state index contributed by atoms with van der Waals surface area (Å²) in [5, 5.41) is 0. The van der Waals surface area contributed by atoms with E-state index in [1.54, 1.807) is 0 Å². The van der Waals surface area contributed by atoms with Crippen LogP contribution in [0.3, 0.4) is 0 Å². The van der Waals surface area contributed by atoms with Gasteiger partial charge in [0.2, 0.25) is 0 Å². The minimum Gasteiger partial charge on any atom is -0.0839 e. The fourth-order valence-corrected chi connectivity index (χ4v) is 1.71. The first-order valence-electron chi connectivity index (χ1n) is 3.33. The minimum absolute atomic E-state index is 0.562. The molecule has 0 bridgehead atoms. The second kappa shape index (κ2) is 3.21. The fourth-order valence-electron chi connectivity index (χ4n) is 0.987. The molecule has 9 heavy (non-hydrogen) atoms. The predicted molar refractivity (Wildman–Crippen MR) is 44.8 cm³/mol. The molecule has 0 aromatic carbocycles. The summed E-state index contributed by atoms with van der Waals surface area (Å²) in [6.07, 6.45) is 9.86. The largest absolute Gasteiger partial charge is 0.0839 e. The van der Waals surface area contributed by atoms with Gasteiger partial charge in [0, 0.05) is 4.83 Å². The quantitative estimate of drug-likeness (QED) is 0.553. The van der Waals surface area contributed by atoms with Crippen LogP contribution < -0.4 is 0 Å². The standard InChI is InChI=1S/C8H11Br/c1-2-7-5-3-4-6-8(7)9/h3-8H,2H2,1H3. The van der Waals surface area contributed by atoms with E-state index in [-0.39, 0.29) is 0 Å². The molecule has 0 aromatic rings. The average molecular weight is 187 g/mol. The Bertz CT molecular complexity index is 136. The molecule has 2 unspecified atom stereocenters. The third-order valence-corrected chi connectivity index (χ3v) is 2.63. The second-order valence-corrected chi connectivity index (χ2v) is 3.34. The molecule has 0 fully saturated rings. The lowest BCUT2D eigenvalue weighted by molar-refractivity contribution is 0.652. The van der Waals surface area contributed by atoms with E-state index in [2.05, 4.69) is 47.2 Å². The molecule has 2 atom stereocenters. The van der Waals surface area contributed by atoms with Crippen molar-refractivity contribution < 1.29 is 0 Å². The van der Waals surface area contributed by atoms with Crippen molar-refractivity contribution in [2.75, 3.05) is 0 Å². The Balaban J connectivity index is 2.55. The van der Waals surface area contributed by atoms with Crippen LogP contribution in [0.5, 0.6) is 0 Å². The summed E-state index contributed by atoms with van der Waals surface area (Å²) in [5.41, 5.74) is 0. The highest BCUT2D eigenvalue weighted by Gasteiger charge is 2.11. The van der Waals surface area contributed by atoms with Gasteiger partial charge < -0.3 is 0 Å². The molecule has 50 valence electrons. The highest BCUT2D eigenvalue weighted by Crippen LogP contribution is 2.22. The van der Waals surface area contributed by atoms with E-state index in [1.807, 2.05) is 0 Å². The third kappa shape index (κ3) is 1.68. The molecular weight excluding hydrogens is 176 g/mol. The minimum atomic E-state index is 0.562. The van der Waals surface area contributed by atoms with Gasteiger partial charge >= 0.3 is 0 Å². The molecular formula is C8H11Br. The number of hydrogen-bond acceptors (Lipinski definition) is 0. The van der Waals surface area contributed by atoms with Gasteiger partial charge in [-0.05, 0) is 12.3 Å². The topological polar surface area (TPSA) is 0 Å². The molecule has 0 nitrogen and oxygen atoms in total. The Labute approximate surface area is 64.8 Å². The summed E-state index contributed by atoms with van der Waals surface area (Å²) in [6.45, 7) is 2.21. The Morgan fingerprint density at radius 1 is 1.33 bits per heavy atom. The highest BCUT2D eigenvalue weighted by molar-refractivity contribution is 9.09. The maximum Gasteiger partial charge on any atom is 0.0391 e. The number of halogens is 1. The fraction of sp³-hybridized carbons (Fsp3) is 0.500. The molecule has 0 amide bonds. The first-order chi connectivity index (χ1) is 4.34. The van der Waals surface area contributed by atoms with Crippen LogP contribution in [0.1, 0.15) is 13.3 Å². The smallest absolute Gasteiger partial charge is 0.0391 e. The summed E-state index contributed by atoms with van der Waals surface area (Å²) in [4.78, 5) is 0.562. The van der Waals surface area contributed by atoms with Crippen LogP contribution in [0.25, 0.3) is 0 Å². The van der Waals surface area contributed by atoms with Crippen molar-refractivity contribution in [3.8, 4) is 0 Å². The van der Waals surface area contributed by atoms with E-state index in [0.29, 0.717) is 10.7 Å². The summed E-state index contributed by atoms with van der Waals surface area (Å²) in [7, 11) is 0. The van der Waals surface area contributed by atoms with Crippen LogP contribution in [0, 0.1) is 5.92 Å². The zero-order valence-electron chi connectivity index (χ0n) is 5.55. The van der Waals surface area contributed by atoms with Gasteiger partial charge in [0.25, 0.3) is 0 Å². The van der Waals surface area contributed by atoms with E-state index < -0.39 is 0 Å². The normalized spacial score (nSPS) is 33.1. The lowest BCUT2D eigenvalue weighted by Crippen LogP contribution is -2.09. The molecule has 1 heteroatoms. The second-order valence-electron chi connectivity index (χ2n) is 2.29. The molecule has 1 aliphatic rings. The first kappa shape index (κ1) is 7.07. The van der Waals surface area contributed by atoms with Gasteiger partial charge in [-0.3, -0.25) is 0 Å². The Hall–Kier alpha value is -0.0400. The van der Waals surface area contributed by atoms with Crippen LogP contribution in [0.2, 0.25) is 0 Å².